The van der Waals surface area contributed by atoms with Gasteiger partial charge in [0.2, 0.25) is 0 Å². The van der Waals surface area contributed by atoms with Gasteiger partial charge in [-0.1, -0.05) is 24.3 Å². The number of benzene rings is 3. The van der Waals surface area contributed by atoms with Crippen LogP contribution in [0.25, 0.3) is 22.3 Å². The van der Waals surface area contributed by atoms with Gasteiger partial charge in [0.1, 0.15) is 17.3 Å². The number of aromatic nitrogens is 2. The van der Waals surface area contributed by atoms with E-state index in [1.807, 2.05) is 48.5 Å². The maximum absolute atomic E-state index is 13.3. The first-order valence-electron chi connectivity index (χ1n) is 11.3. The fourth-order valence-electron chi connectivity index (χ4n) is 4.03. The number of ether oxygens (including phenoxy) is 2. The average molecular weight is 443 g/mol. The molecule has 1 heterocycles. The molecule has 0 fully saturated rings. The summed E-state index contributed by atoms with van der Waals surface area (Å²) in [6.45, 7) is 7.45. The molecule has 170 valence electrons. The zero-order valence-corrected chi connectivity index (χ0v) is 19.7. The van der Waals surface area contributed by atoms with E-state index in [0.717, 1.165) is 35.5 Å². The van der Waals surface area contributed by atoms with Crippen molar-refractivity contribution < 1.29 is 9.47 Å². The Morgan fingerprint density at radius 1 is 0.879 bits per heavy atom. The lowest BCUT2D eigenvalue weighted by Crippen LogP contribution is -2.24. The highest BCUT2D eigenvalue weighted by Crippen LogP contribution is 2.26. The lowest BCUT2D eigenvalue weighted by Gasteiger charge is -2.16. The van der Waals surface area contributed by atoms with E-state index in [9.17, 15) is 4.79 Å². The molecule has 0 N–H and O–H groups in total. The molecule has 0 bridgehead atoms. The lowest BCUT2D eigenvalue weighted by atomic mass is 10.1. The van der Waals surface area contributed by atoms with Crippen LogP contribution in [0.15, 0.2) is 65.5 Å². The third-order valence-electron chi connectivity index (χ3n) is 6.11. The number of rotatable bonds is 8. The van der Waals surface area contributed by atoms with Crippen molar-refractivity contribution >= 4 is 10.9 Å². The van der Waals surface area contributed by atoms with Gasteiger partial charge in [-0.25, -0.2) is 4.98 Å². The molecular weight excluding hydrogens is 412 g/mol. The molecule has 5 heteroatoms. The number of hydrogen-bond acceptors (Lipinski definition) is 4. The van der Waals surface area contributed by atoms with Gasteiger partial charge < -0.3 is 9.47 Å². The van der Waals surface area contributed by atoms with Crippen molar-refractivity contribution in [1.29, 1.82) is 0 Å². The molecule has 3 aromatic carbocycles. The molecule has 1 aromatic heterocycles. The minimum Gasteiger partial charge on any atom is -0.497 e. The molecule has 0 saturated carbocycles. The Labute approximate surface area is 194 Å². The van der Waals surface area contributed by atoms with Crippen LogP contribution in [0.4, 0.5) is 0 Å². The Morgan fingerprint density at radius 2 is 1.61 bits per heavy atom. The Bertz CT molecular complexity index is 1320. The van der Waals surface area contributed by atoms with Crippen LogP contribution in [0.2, 0.25) is 0 Å². The fraction of sp³-hybridized carbons (Fsp3) is 0.286. The quantitative estimate of drug-likeness (QED) is 0.321. The largest absolute Gasteiger partial charge is 0.497 e. The van der Waals surface area contributed by atoms with E-state index in [-0.39, 0.29) is 5.56 Å². The van der Waals surface area contributed by atoms with E-state index in [0.29, 0.717) is 29.9 Å². The highest BCUT2D eigenvalue weighted by molar-refractivity contribution is 5.79. The van der Waals surface area contributed by atoms with E-state index in [2.05, 4.69) is 32.9 Å². The van der Waals surface area contributed by atoms with Crippen molar-refractivity contribution in [2.24, 2.45) is 0 Å². The highest BCUT2D eigenvalue weighted by atomic mass is 16.5. The number of fused-ring (bicyclic) bond motifs is 1. The second kappa shape index (κ2) is 9.90. The van der Waals surface area contributed by atoms with Crippen molar-refractivity contribution in [1.82, 2.24) is 9.55 Å². The number of unbranched alkanes of at least 4 members (excludes halogenated alkanes) is 1. The van der Waals surface area contributed by atoms with Gasteiger partial charge in [0.25, 0.3) is 5.56 Å². The predicted molar refractivity (Wildman–Crippen MR) is 133 cm³/mol. The van der Waals surface area contributed by atoms with E-state index < -0.39 is 0 Å². The third kappa shape index (κ3) is 4.77. The maximum Gasteiger partial charge on any atom is 0.261 e. The van der Waals surface area contributed by atoms with Crippen molar-refractivity contribution in [2.45, 2.75) is 40.2 Å². The zero-order chi connectivity index (χ0) is 23.4. The zero-order valence-electron chi connectivity index (χ0n) is 19.7. The molecule has 4 rings (SSSR count). The second-order valence-electron chi connectivity index (χ2n) is 8.35. The number of nitrogens with zero attached hydrogens (tertiary/aromatic N) is 2. The molecule has 5 nitrogen and oxygen atoms in total. The highest BCUT2D eigenvalue weighted by Gasteiger charge is 2.13. The summed E-state index contributed by atoms with van der Waals surface area (Å²) in [5.74, 6) is 2.42. The van der Waals surface area contributed by atoms with Crippen LogP contribution < -0.4 is 15.0 Å². The minimum atomic E-state index is -0.0160. The summed E-state index contributed by atoms with van der Waals surface area (Å²) in [5.41, 5.74) is 5.15. The number of methoxy groups -OCH3 is 1. The third-order valence-corrected chi connectivity index (χ3v) is 6.11. The normalized spacial score (nSPS) is 11.0. The summed E-state index contributed by atoms with van der Waals surface area (Å²) in [6, 6.07) is 19.4. The summed E-state index contributed by atoms with van der Waals surface area (Å²) >= 11 is 0. The molecular formula is C28H30N2O3. The molecule has 0 spiro atoms. The first-order chi connectivity index (χ1) is 16.0. The molecule has 0 amide bonds. The molecule has 33 heavy (non-hydrogen) atoms. The van der Waals surface area contributed by atoms with Crippen LogP contribution in [-0.2, 0) is 6.54 Å². The van der Waals surface area contributed by atoms with Crippen molar-refractivity contribution in [2.75, 3.05) is 13.7 Å². The molecule has 0 aliphatic heterocycles. The smallest absolute Gasteiger partial charge is 0.261 e. The van der Waals surface area contributed by atoms with Gasteiger partial charge in [0, 0.05) is 12.1 Å². The van der Waals surface area contributed by atoms with Crippen molar-refractivity contribution in [3.8, 4) is 22.9 Å². The lowest BCUT2D eigenvalue weighted by molar-refractivity contribution is 0.299. The monoisotopic (exact) mass is 442 g/mol. The number of hydrogen-bond donors (Lipinski definition) is 0. The summed E-state index contributed by atoms with van der Waals surface area (Å²) in [6.07, 6.45) is 1.65. The van der Waals surface area contributed by atoms with Crippen LogP contribution in [0, 0.1) is 20.8 Å². The standard InChI is InChI=1S/C28H30N2O3/c1-19-11-12-20(2)26(21(19)3)33-18-8-7-17-30-27(22-13-15-23(32-4)16-14-22)29-25-10-6-5-9-24(25)28(30)31/h5-6,9-16H,7-8,17-18H2,1-4H3. The van der Waals surface area contributed by atoms with Crippen LogP contribution in [0.1, 0.15) is 29.5 Å². The van der Waals surface area contributed by atoms with Crippen LogP contribution in [0.3, 0.4) is 0 Å². The van der Waals surface area contributed by atoms with E-state index in [1.54, 1.807) is 11.7 Å². The summed E-state index contributed by atoms with van der Waals surface area (Å²) < 4.78 is 13.2. The molecule has 0 radical (unpaired) electrons. The molecule has 0 saturated heterocycles. The van der Waals surface area contributed by atoms with Gasteiger partial charge in [-0.05, 0) is 86.7 Å². The first-order valence-corrected chi connectivity index (χ1v) is 11.3. The van der Waals surface area contributed by atoms with E-state index in [4.69, 9.17) is 14.5 Å². The predicted octanol–water partition coefficient (Wildman–Crippen LogP) is 5.86. The SMILES string of the molecule is COc1ccc(-c2nc3ccccc3c(=O)n2CCCCOc2c(C)ccc(C)c2C)cc1. The summed E-state index contributed by atoms with van der Waals surface area (Å²) in [5, 5.41) is 0.636. The van der Waals surface area contributed by atoms with Gasteiger partial charge in [0.05, 0.1) is 24.6 Å². The summed E-state index contributed by atoms with van der Waals surface area (Å²) in [7, 11) is 1.64. The Kier molecular flexibility index (Phi) is 6.78. The van der Waals surface area contributed by atoms with Crippen molar-refractivity contribution in [3.63, 3.8) is 0 Å². The van der Waals surface area contributed by atoms with Gasteiger partial charge >= 0.3 is 0 Å². The molecule has 0 aliphatic rings. The average Bonchev–Trinajstić information content (AvgIpc) is 2.84. The van der Waals surface area contributed by atoms with Crippen LogP contribution in [0.5, 0.6) is 11.5 Å². The van der Waals surface area contributed by atoms with Crippen molar-refractivity contribution in [3.05, 3.63) is 87.7 Å². The molecule has 0 unspecified atom stereocenters. The fourth-order valence-corrected chi connectivity index (χ4v) is 4.03. The van der Waals surface area contributed by atoms with Crippen LogP contribution in [-0.4, -0.2) is 23.3 Å². The Balaban J connectivity index is 1.54. The second-order valence-corrected chi connectivity index (χ2v) is 8.35. The number of aryl methyl sites for hydroxylation is 2. The van der Waals surface area contributed by atoms with Gasteiger partial charge in [-0.2, -0.15) is 0 Å². The molecule has 4 aromatic rings. The summed E-state index contributed by atoms with van der Waals surface area (Å²) in [4.78, 5) is 18.2. The van der Waals surface area contributed by atoms with Gasteiger partial charge in [-0.15, -0.1) is 0 Å². The maximum atomic E-state index is 13.3. The van der Waals surface area contributed by atoms with Gasteiger partial charge in [-0.3, -0.25) is 9.36 Å². The van der Waals surface area contributed by atoms with E-state index in [1.165, 1.54) is 11.1 Å². The molecule has 0 atom stereocenters. The minimum absolute atomic E-state index is 0.0160. The van der Waals surface area contributed by atoms with E-state index >= 15 is 0 Å². The molecule has 0 aliphatic carbocycles. The van der Waals surface area contributed by atoms with Crippen LogP contribution >= 0.6 is 0 Å². The number of para-hydroxylation sites is 1. The van der Waals surface area contributed by atoms with Gasteiger partial charge in [0.15, 0.2) is 0 Å². The first kappa shape index (κ1) is 22.6. The Hall–Kier alpha value is -3.60. The topological polar surface area (TPSA) is 53.3 Å². The Morgan fingerprint density at radius 3 is 2.36 bits per heavy atom.